The van der Waals surface area contributed by atoms with Crippen LogP contribution >= 0.6 is 0 Å². The molecule has 0 fully saturated rings. The fraction of sp³-hybridized carbons (Fsp3) is 0.0500. The molecule has 3 heteroatoms. The Labute approximate surface area is 134 Å². The van der Waals surface area contributed by atoms with Crippen LogP contribution in [0.4, 0.5) is 0 Å². The fourth-order valence-corrected chi connectivity index (χ4v) is 2.77. The van der Waals surface area contributed by atoms with Gasteiger partial charge in [0.25, 0.3) is 11.2 Å². The lowest BCUT2D eigenvalue weighted by atomic mass is 10.2. The summed E-state index contributed by atoms with van der Waals surface area (Å²) in [5, 5.41) is 2.24. The third-order valence-corrected chi connectivity index (χ3v) is 3.87. The quantitative estimate of drug-likeness (QED) is 0.533. The maximum absolute atomic E-state index is 5.81. The molecule has 4 rings (SSSR count). The predicted molar refractivity (Wildman–Crippen MR) is 91.8 cm³/mol. The van der Waals surface area contributed by atoms with E-state index in [0.717, 1.165) is 33.3 Å². The monoisotopic (exact) mass is 302 g/mol. The first-order valence-corrected chi connectivity index (χ1v) is 7.50. The standard InChI is InChI=1S/C20H16NO2/c1-22-21-17(11-10-15-6-2-4-8-19(15)21)12-13-18-14-16-7-3-5-9-20(16)23-18/h2-14H,1H3/q+1. The van der Waals surface area contributed by atoms with Crippen molar-refractivity contribution in [3.05, 3.63) is 78.2 Å². The molecular formula is C20H16NO2+. The van der Waals surface area contributed by atoms with Crippen LogP contribution in [-0.2, 0) is 0 Å². The zero-order chi connectivity index (χ0) is 15.6. The largest absolute Gasteiger partial charge is 0.457 e. The number of hydrogen-bond acceptors (Lipinski definition) is 2. The van der Waals surface area contributed by atoms with Gasteiger partial charge in [0.2, 0.25) is 0 Å². The minimum Gasteiger partial charge on any atom is -0.457 e. The molecule has 2 heterocycles. The van der Waals surface area contributed by atoms with E-state index in [4.69, 9.17) is 9.25 Å². The van der Waals surface area contributed by atoms with Crippen LogP contribution in [-0.4, -0.2) is 7.11 Å². The van der Waals surface area contributed by atoms with E-state index in [1.165, 1.54) is 0 Å². The van der Waals surface area contributed by atoms with E-state index >= 15 is 0 Å². The van der Waals surface area contributed by atoms with Gasteiger partial charge in [-0.15, -0.1) is 0 Å². The first kappa shape index (κ1) is 13.6. The zero-order valence-corrected chi connectivity index (χ0v) is 12.8. The van der Waals surface area contributed by atoms with Crippen molar-refractivity contribution < 1.29 is 14.0 Å². The normalized spacial score (nSPS) is 11.5. The van der Waals surface area contributed by atoms with Gasteiger partial charge in [0.1, 0.15) is 18.5 Å². The summed E-state index contributed by atoms with van der Waals surface area (Å²) >= 11 is 0. The summed E-state index contributed by atoms with van der Waals surface area (Å²) in [7, 11) is 1.67. The van der Waals surface area contributed by atoms with Crippen LogP contribution in [0.25, 0.3) is 34.0 Å². The van der Waals surface area contributed by atoms with Gasteiger partial charge in [-0.05, 0) is 30.3 Å². The number of para-hydroxylation sites is 2. The summed E-state index contributed by atoms with van der Waals surface area (Å²) in [6, 6.07) is 22.3. The number of hydrogen-bond donors (Lipinski definition) is 0. The molecule has 0 amide bonds. The molecule has 0 aliphatic heterocycles. The van der Waals surface area contributed by atoms with Gasteiger partial charge < -0.3 is 4.42 Å². The lowest BCUT2D eigenvalue weighted by molar-refractivity contribution is -0.866. The lowest BCUT2D eigenvalue weighted by Crippen LogP contribution is -2.44. The number of benzene rings is 2. The van der Waals surface area contributed by atoms with Crippen molar-refractivity contribution >= 4 is 34.0 Å². The van der Waals surface area contributed by atoms with E-state index in [9.17, 15) is 0 Å². The molecule has 2 aromatic carbocycles. The Kier molecular flexibility index (Phi) is 3.31. The molecule has 0 spiro atoms. The Morgan fingerprint density at radius 2 is 1.65 bits per heavy atom. The Morgan fingerprint density at radius 1 is 0.870 bits per heavy atom. The molecule has 0 atom stereocenters. The molecule has 23 heavy (non-hydrogen) atoms. The van der Waals surface area contributed by atoms with Crippen LogP contribution in [0.1, 0.15) is 11.5 Å². The van der Waals surface area contributed by atoms with Crippen molar-refractivity contribution in [1.82, 2.24) is 0 Å². The summed E-state index contributed by atoms with van der Waals surface area (Å²) in [6.07, 6.45) is 3.95. The second-order valence-corrected chi connectivity index (χ2v) is 5.31. The highest BCUT2D eigenvalue weighted by molar-refractivity contribution is 5.82. The molecule has 0 saturated carbocycles. The molecule has 3 nitrogen and oxygen atoms in total. The maximum atomic E-state index is 5.81. The number of rotatable bonds is 3. The van der Waals surface area contributed by atoms with E-state index < -0.39 is 0 Å². The molecule has 112 valence electrons. The molecule has 2 aromatic heterocycles. The second-order valence-electron chi connectivity index (χ2n) is 5.31. The van der Waals surface area contributed by atoms with Crippen molar-refractivity contribution in [2.24, 2.45) is 0 Å². The van der Waals surface area contributed by atoms with Crippen molar-refractivity contribution in [3.8, 4) is 0 Å². The minimum atomic E-state index is 0.821. The third kappa shape index (κ3) is 2.46. The van der Waals surface area contributed by atoms with Gasteiger partial charge >= 0.3 is 0 Å². The summed E-state index contributed by atoms with van der Waals surface area (Å²) in [5.41, 5.74) is 2.87. The molecular weight excluding hydrogens is 286 g/mol. The van der Waals surface area contributed by atoms with Gasteiger partial charge in [-0.2, -0.15) is 0 Å². The Balaban J connectivity index is 1.76. The number of nitrogens with zero attached hydrogens (tertiary/aromatic N) is 1. The molecule has 0 bridgehead atoms. The van der Waals surface area contributed by atoms with E-state index in [-0.39, 0.29) is 0 Å². The van der Waals surface area contributed by atoms with Crippen LogP contribution in [0, 0.1) is 0 Å². The summed E-state index contributed by atoms with van der Waals surface area (Å²) < 4.78 is 7.63. The maximum Gasteiger partial charge on any atom is 0.265 e. The van der Waals surface area contributed by atoms with Crippen LogP contribution in [0.3, 0.4) is 0 Å². The van der Waals surface area contributed by atoms with Crippen molar-refractivity contribution in [1.29, 1.82) is 0 Å². The molecule has 0 radical (unpaired) electrons. The topological polar surface area (TPSA) is 26.2 Å². The molecule has 4 aromatic rings. The van der Waals surface area contributed by atoms with Crippen LogP contribution in [0.5, 0.6) is 0 Å². The van der Waals surface area contributed by atoms with Crippen LogP contribution < -0.4 is 9.57 Å². The smallest absolute Gasteiger partial charge is 0.265 e. The molecule has 0 unspecified atom stereocenters. The first-order valence-electron chi connectivity index (χ1n) is 7.50. The first-order chi connectivity index (χ1) is 11.3. The fourth-order valence-electron chi connectivity index (χ4n) is 2.77. The van der Waals surface area contributed by atoms with Gasteiger partial charge in [-0.25, -0.2) is 0 Å². The van der Waals surface area contributed by atoms with Crippen molar-refractivity contribution in [2.75, 3.05) is 7.11 Å². The predicted octanol–water partition coefficient (Wildman–Crippen LogP) is 4.10. The number of aromatic nitrogens is 1. The highest BCUT2D eigenvalue weighted by Gasteiger charge is 2.14. The van der Waals surface area contributed by atoms with E-state index in [1.54, 1.807) is 7.11 Å². The highest BCUT2D eigenvalue weighted by Crippen LogP contribution is 2.20. The molecule has 0 aliphatic rings. The van der Waals surface area contributed by atoms with Crippen molar-refractivity contribution in [2.45, 2.75) is 0 Å². The Morgan fingerprint density at radius 3 is 2.48 bits per heavy atom. The van der Waals surface area contributed by atoms with Gasteiger partial charge in [0.15, 0.2) is 0 Å². The van der Waals surface area contributed by atoms with Crippen molar-refractivity contribution in [3.63, 3.8) is 0 Å². The van der Waals surface area contributed by atoms with Gasteiger partial charge in [-0.1, -0.05) is 30.3 Å². The highest BCUT2D eigenvalue weighted by atomic mass is 16.6. The molecule has 0 saturated heterocycles. The zero-order valence-electron chi connectivity index (χ0n) is 12.8. The minimum absolute atomic E-state index is 0.821. The SMILES string of the molecule is CO[n+]1c(C=Cc2cc3ccccc3o2)ccc2ccccc21. The Bertz CT molecular complexity index is 981. The molecule has 0 aliphatic carbocycles. The van der Waals surface area contributed by atoms with Gasteiger partial charge in [0.05, 0.1) is 5.39 Å². The summed E-state index contributed by atoms with van der Waals surface area (Å²) in [6.45, 7) is 0. The van der Waals surface area contributed by atoms with E-state index in [1.807, 2.05) is 71.5 Å². The third-order valence-electron chi connectivity index (χ3n) is 3.87. The molecule has 0 N–H and O–H groups in total. The van der Waals surface area contributed by atoms with Crippen LogP contribution in [0.15, 0.2) is 71.1 Å². The number of furan rings is 1. The summed E-state index contributed by atoms with van der Waals surface area (Å²) in [5.74, 6) is 0.821. The average molecular weight is 302 g/mol. The van der Waals surface area contributed by atoms with Gasteiger partial charge in [-0.3, -0.25) is 4.84 Å². The van der Waals surface area contributed by atoms with Crippen LogP contribution in [0.2, 0.25) is 0 Å². The number of pyridine rings is 1. The average Bonchev–Trinajstić information content (AvgIpc) is 3.02. The Hall–Kier alpha value is -3.07. The van der Waals surface area contributed by atoms with E-state index in [2.05, 4.69) is 12.1 Å². The van der Waals surface area contributed by atoms with Gasteiger partial charge in [0, 0.05) is 28.3 Å². The number of fused-ring (bicyclic) bond motifs is 2. The second kappa shape index (κ2) is 5.61. The summed E-state index contributed by atoms with van der Waals surface area (Å²) in [4.78, 5) is 5.54. The lowest BCUT2D eigenvalue weighted by Gasteiger charge is -2.00. The van der Waals surface area contributed by atoms with E-state index in [0.29, 0.717) is 0 Å².